The lowest BCUT2D eigenvalue weighted by Gasteiger charge is -2.03. The summed E-state index contributed by atoms with van der Waals surface area (Å²) in [5, 5.41) is 3.30. The van der Waals surface area contributed by atoms with E-state index in [2.05, 4.69) is 46.2 Å². The molecule has 0 radical (unpaired) electrons. The van der Waals surface area contributed by atoms with Crippen molar-refractivity contribution in [3.8, 4) is 0 Å². The topological polar surface area (TPSA) is 24.9 Å². The van der Waals surface area contributed by atoms with E-state index in [1.807, 2.05) is 18.2 Å². The third-order valence-electron chi connectivity index (χ3n) is 1.68. The predicted octanol–water partition coefficient (Wildman–Crippen LogP) is 2.86. The van der Waals surface area contributed by atoms with Gasteiger partial charge in [-0.1, -0.05) is 19.9 Å². The third kappa shape index (κ3) is 4.53. The SMILES string of the molecule is CC(C)NC/C=C/c1ccc(Br)cn1. The van der Waals surface area contributed by atoms with Crippen LogP contribution in [0.15, 0.2) is 28.9 Å². The second kappa shape index (κ2) is 5.94. The van der Waals surface area contributed by atoms with E-state index in [1.165, 1.54) is 0 Å². The first-order valence-electron chi connectivity index (χ1n) is 4.70. The highest BCUT2D eigenvalue weighted by Crippen LogP contribution is 2.07. The molecule has 1 aromatic rings. The maximum atomic E-state index is 4.23. The monoisotopic (exact) mass is 254 g/mol. The number of rotatable bonds is 4. The van der Waals surface area contributed by atoms with Crippen LogP contribution < -0.4 is 5.32 Å². The highest BCUT2D eigenvalue weighted by atomic mass is 79.9. The van der Waals surface area contributed by atoms with E-state index in [0.29, 0.717) is 6.04 Å². The van der Waals surface area contributed by atoms with Crippen LogP contribution in [0.2, 0.25) is 0 Å². The molecule has 0 spiro atoms. The van der Waals surface area contributed by atoms with Crippen LogP contribution in [0.1, 0.15) is 19.5 Å². The summed E-state index contributed by atoms with van der Waals surface area (Å²) < 4.78 is 1.01. The van der Waals surface area contributed by atoms with Gasteiger partial charge in [-0.15, -0.1) is 0 Å². The summed E-state index contributed by atoms with van der Waals surface area (Å²) in [7, 11) is 0. The van der Waals surface area contributed by atoms with Gasteiger partial charge >= 0.3 is 0 Å². The zero-order valence-corrected chi connectivity index (χ0v) is 10.1. The van der Waals surface area contributed by atoms with Crippen molar-refractivity contribution in [3.63, 3.8) is 0 Å². The molecule has 2 nitrogen and oxygen atoms in total. The van der Waals surface area contributed by atoms with Gasteiger partial charge in [0.2, 0.25) is 0 Å². The van der Waals surface area contributed by atoms with E-state index in [-0.39, 0.29) is 0 Å². The molecule has 0 saturated heterocycles. The Morgan fingerprint density at radius 3 is 2.86 bits per heavy atom. The first-order chi connectivity index (χ1) is 6.68. The van der Waals surface area contributed by atoms with E-state index in [1.54, 1.807) is 6.20 Å². The number of hydrogen-bond acceptors (Lipinski definition) is 2. The Morgan fingerprint density at radius 2 is 2.29 bits per heavy atom. The highest BCUT2D eigenvalue weighted by molar-refractivity contribution is 9.10. The molecule has 0 saturated carbocycles. The molecular formula is C11H15BrN2. The summed E-state index contributed by atoms with van der Waals surface area (Å²) in [6, 6.07) is 4.50. The average molecular weight is 255 g/mol. The number of halogens is 1. The van der Waals surface area contributed by atoms with Crippen LogP contribution in [-0.2, 0) is 0 Å². The van der Waals surface area contributed by atoms with Crippen molar-refractivity contribution in [1.29, 1.82) is 0 Å². The fourth-order valence-electron chi connectivity index (χ4n) is 0.969. The van der Waals surface area contributed by atoms with Gasteiger partial charge in [-0.2, -0.15) is 0 Å². The van der Waals surface area contributed by atoms with Crippen molar-refractivity contribution in [1.82, 2.24) is 10.3 Å². The molecule has 1 N–H and O–H groups in total. The molecule has 0 unspecified atom stereocenters. The number of pyridine rings is 1. The highest BCUT2D eigenvalue weighted by Gasteiger charge is 1.89. The molecular weight excluding hydrogens is 240 g/mol. The van der Waals surface area contributed by atoms with Crippen LogP contribution in [0.25, 0.3) is 6.08 Å². The van der Waals surface area contributed by atoms with Crippen molar-refractivity contribution in [2.24, 2.45) is 0 Å². The normalized spacial score (nSPS) is 11.4. The summed E-state index contributed by atoms with van der Waals surface area (Å²) in [5.41, 5.74) is 0.985. The molecule has 0 aliphatic carbocycles. The Balaban J connectivity index is 2.40. The minimum absolute atomic E-state index is 0.525. The zero-order valence-electron chi connectivity index (χ0n) is 8.50. The Labute approximate surface area is 93.6 Å². The minimum Gasteiger partial charge on any atom is -0.311 e. The second-order valence-electron chi connectivity index (χ2n) is 3.37. The molecule has 1 aromatic heterocycles. The molecule has 0 aromatic carbocycles. The van der Waals surface area contributed by atoms with Gasteiger partial charge in [-0.3, -0.25) is 4.98 Å². The van der Waals surface area contributed by atoms with E-state index in [0.717, 1.165) is 16.7 Å². The van der Waals surface area contributed by atoms with Crippen LogP contribution in [0.4, 0.5) is 0 Å². The fourth-order valence-corrected chi connectivity index (χ4v) is 1.20. The lowest BCUT2D eigenvalue weighted by molar-refractivity contribution is 0.633. The largest absolute Gasteiger partial charge is 0.311 e. The molecule has 76 valence electrons. The molecule has 0 amide bonds. The van der Waals surface area contributed by atoms with Crippen LogP contribution >= 0.6 is 15.9 Å². The fraction of sp³-hybridized carbons (Fsp3) is 0.364. The smallest absolute Gasteiger partial charge is 0.0627 e. The summed E-state index contributed by atoms with van der Waals surface area (Å²) in [6.45, 7) is 5.15. The Bertz CT molecular complexity index is 291. The number of hydrogen-bond donors (Lipinski definition) is 1. The van der Waals surface area contributed by atoms with Gasteiger partial charge in [0, 0.05) is 23.3 Å². The maximum Gasteiger partial charge on any atom is 0.0627 e. The Morgan fingerprint density at radius 1 is 1.50 bits per heavy atom. The zero-order chi connectivity index (χ0) is 10.4. The first-order valence-corrected chi connectivity index (χ1v) is 5.49. The first kappa shape index (κ1) is 11.4. The van der Waals surface area contributed by atoms with Gasteiger partial charge in [0.25, 0.3) is 0 Å². The van der Waals surface area contributed by atoms with Crippen molar-refractivity contribution in [2.75, 3.05) is 6.54 Å². The van der Waals surface area contributed by atoms with Crippen molar-refractivity contribution in [2.45, 2.75) is 19.9 Å². The molecule has 0 atom stereocenters. The van der Waals surface area contributed by atoms with Crippen LogP contribution in [0, 0.1) is 0 Å². The number of nitrogens with zero attached hydrogens (tertiary/aromatic N) is 1. The quantitative estimate of drug-likeness (QED) is 0.894. The summed E-state index contributed by atoms with van der Waals surface area (Å²) in [6.07, 6.45) is 5.90. The predicted molar refractivity (Wildman–Crippen MR) is 64.1 cm³/mol. The summed E-state index contributed by atoms with van der Waals surface area (Å²) in [5.74, 6) is 0. The van der Waals surface area contributed by atoms with Gasteiger partial charge in [0.05, 0.1) is 5.69 Å². The van der Waals surface area contributed by atoms with E-state index in [4.69, 9.17) is 0 Å². The molecule has 1 rings (SSSR count). The average Bonchev–Trinajstić information content (AvgIpc) is 2.15. The van der Waals surface area contributed by atoms with Crippen molar-refractivity contribution >= 4 is 22.0 Å². The Kier molecular flexibility index (Phi) is 4.84. The number of aromatic nitrogens is 1. The van der Waals surface area contributed by atoms with Crippen molar-refractivity contribution < 1.29 is 0 Å². The number of nitrogens with one attached hydrogen (secondary N) is 1. The molecule has 0 aliphatic heterocycles. The lowest BCUT2D eigenvalue weighted by atomic mass is 10.3. The van der Waals surface area contributed by atoms with E-state index >= 15 is 0 Å². The lowest BCUT2D eigenvalue weighted by Crippen LogP contribution is -2.22. The van der Waals surface area contributed by atoms with Crippen LogP contribution in [-0.4, -0.2) is 17.6 Å². The maximum absolute atomic E-state index is 4.23. The van der Waals surface area contributed by atoms with Crippen molar-refractivity contribution in [3.05, 3.63) is 34.6 Å². The van der Waals surface area contributed by atoms with E-state index in [9.17, 15) is 0 Å². The molecule has 1 heterocycles. The van der Waals surface area contributed by atoms with Gasteiger partial charge < -0.3 is 5.32 Å². The van der Waals surface area contributed by atoms with Gasteiger partial charge in [0.15, 0.2) is 0 Å². The summed E-state index contributed by atoms with van der Waals surface area (Å²) >= 11 is 3.35. The standard InChI is InChI=1S/C11H15BrN2/c1-9(2)13-7-3-4-11-6-5-10(12)8-14-11/h3-6,8-9,13H,7H2,1-2H3/b4-3+. The molecule has 3 heteroatoms. The van der Waals surface area contributed by atoms with Crippen LogP contribution in [0.3, 0.4) is 0 Å². The van der Waals surface area contributed by atoms with Gasteiger partial charge in [-0.25, -0.2) is 0 Å². The van der Waals surface area contributed by atoms with Gasteiger partial charge in [-0.05, 0) is 34.1 Å². The van der Waals surface area contributed by atoms with Gasteiger partial charge in [0.1, 0.15) is 0 Å². The minimum atomic E-state index is 0.525. The Hall–Kier alpha value is -0.670. The molecule has 0 fully saturated rings. The van der Waals surface area contributed by atoms with Crippen LogP contribution in [0.5, 0.6) is 0 Å². The second-order valence-corrected chi connectivity index (χ2v) is 4.28. The third-order valence-corrected chi connectivity index (χ3v) is 2.15. The molecule has 0 bridgehead atoms. The molecule has 14 heavy (non-hydrogen) atoms. The summed E-state index contributed by atoms with van der Waals surface area (Å²) in [4.78, 5) is 4.23. The molecule has 0 aliphatic rings. The van der Waals surface area contributed by atoms with E-state index < -0.39 is 0 Å².